The quantitative estimate of drug-likeness (QED) is 0.691. The highest BCUT2D eigenvalue weighted by atomic mass is 16.5. The Morgan fingerprint density at radius 3 is 2.63 bits per heavy atom. The van der Waals surface area contributed by atoms with Gasteiger partial charge in [-0.3, -0.25) is 0 Å². The summed E-state index contributed by atoms with van der Waals surface area (Å²) in [6.45, 7) is 2.07. The third kappa shape index (κ3) is 2.10. The van der Waals surface area contributed by atoms with Crippen molar-refractivity contribution in [3.05, 3.63) is 65.4 Å². The Kier molecular flexibility index (Phi) is 3.00. The Labute approximate surface area is 112 Å². The summed E-state index contributed by atoms with van der Waals surface area (Å²) in [5, 5.41) is 1.19. The maximum absolute atomic E-state index is 5.68. The van der Waals surface area contributed by atoms with E-state index in [0.717, 1.165) is 17.8 Å². The Morgan fingerprint density at radius 2 is 1.79 bits per heavy atom. The standard InChI is InChI=1S/C17H16O2/c1-12-11-19-17-14(7-5-8-15(12)17)10-13-6-3-4-9-16(13)18-2/h3-9,11H,10H2,1-2H3. The topological polar surface area (TPSA) is 22.4 Å². The lowest BCUT2D eigenvalue weighted by atomic mass is 10.0. The van der Waals surface area contributed by atoms with E-state index < -0.39 is 0 Å². The highest BCUT2D eigenvalue weighted by Gasteiger charge is 2.09. The largest absolute Gasteiger partial charge is 0.496 e. The summed E-state index contributed by atoms with van der Waals surface area (Å²) in [4.78, 5) is 0. The van der Waals surface area contributed by atoms with E-state index in [2.05, 4.69) is 31.2 Å². The molecule has 0 radical (unpaired) electrons. The van der Waals surface area contributed by atoms with Crippen molar-refractivity contribution in [3.63, 3.8) is 0 Å². The van der Waals surface area contributed by atoms with Crippen LogP contribution in [0, 0.1) is 6.92 Å². The number of para-hydroxylation sites is 2. The molecule has 0 unspecified atom stereocenters. The van der Waals surface area contributed by atoms with Gasteiger partial charge in [0.15, 0.2) is 0 Å². The molecule has 1 aromatic heterocycles. The van der Waals surface area contributed by atoms with E-state index in [1.165, 1.54) is 22.1 Å². The van der Waals surface area contributed by atoms with Crippen molar-refractivity contribution >= 4 is 11.0 Å². The molecule has 0 aliphatic rings. The van der Waals surface area contributed by atoms with Gasteiger partial charge in [0.1, 0.15) is 11.3 Å². The van der Waals surface area contributed by atoms with Crippen LogP contribution in [-0.2, 0) is 6.42 Å². The van der Waals surface area contributed by atoms with Crippen LogP contribution >= 0.6 is 0 Å². The number of rotatable bonds is 3. The molecule has 0 saturated heterocycles. The van der Waals surface area contributed by atoms with Crippen LogP contribution in [0.3, 0.4) is 0 Å². The van der Waals surface area contributed by atoms with Crippen molar-refractivity contribution in [1.82, 2.24) is 0 Å². The molecule has 0 fully saturated rings. The third-order valence-electron chi connectivity index (χ3n) is 3.45. The number of hydrogen-bond acceptors (Lipinski definition) is 2. The van der Waals surface area contributed by atoms with E-state index >= 15 is 0 Å². The van der Waals surface area contributed by atoms with Crippen molar-refractivity contribution < 1.29 is 9.15 Å². The summed E-state index contributed by atoms with van der Waals surface area (Å²) >= 11 is 0. The molecule has 19 heavy (non-hydrogen) atoms. The molecule has 0 spiro atoms. The summed E-state index contributed by atoms with van der Waals surface area (Å²) in [7, 11) is 1.70. The van der Waals surface area contributed by atoms with Crippen LogP contribution in [0.2, 0.25) is 0 Å². The van der Waals surface area contributed by atoms with Gasteiger partial charge in [-0.1, -0.05) is 36.4 Å². The van der Waals surface area contributed by atoms with Gasteiger partial charge < -0.3 is 9.15 Å². The van der Waals surface area contributed by atoms with Crippen LogP contribution in [0.4, 0.5) is 0 Å². The highest BCUT2D eigenvalue weighted by Crippen LogP contribution is 2.28. The molecule has 96 valence electrons. The van der Waals surface area contributed by atoms with Gasteiger partial charge in [-0.15, -0.1) is 0 Å². The second-order valence-corrected chi connectivity index (χ2v) is 4.70. The van der Waals surface area contributed by atoms with Gasteiger partial charge >= 0.3 is 0 Å². The fourth-order valence-electron chi connectivity index (χ4n) is 2.44. The zero-order chi connectivity index (χ0) is 13.2. The second-order valence-electron chi connectivity index (χ2n) is 4.70. The Morgan fingerprint density at radius 1 is 1.00 bits per heavy atom. The molecular weight excluding hydrogens is 236 g/mol. The lowest BCUT2D eigenvalue weighted by molar-refractivity contribution is 0.410. The van der Waals surface area contributed by atoms with Gasteiger partial charge in [-0.05, 0) is 29.7 Å². The first kappa shape index (κ1) is 11.8. The molecular formula is C17H16O2. The number of fused-ring (bicyclic) bond motifs is 1. The van der Waals surface area contributed by atoms with Crippen LogP contribution in [0.25, 0.3) is 11.0 Å². The molecule has 2 heteroatoms. The summed E-state index contributed by atoms with van der Waals surface area (Å²) in [5.74, 6) is 0.919. The van der Waals surface area contributed by atoms with E-state index in [9.17, 15) is 0 Å². The zero-order valence-electron chi connectivity index (χ0n) is 11.1. The molecule has 0 N–H and O–H groups in total. The van der Waals surface area contributed by atoms with Gasteiger partial charge in [0.2, 0.25) is 0 Å². The lowest BCUT2D eigenvalue weighted by Crippen LogP contribution is -1.93. The van der Waals surface area contributed by atoms with Crippen LogP contribution in [0.1, 0.15) is 16.7 Å². The minimum atomic E-state index is 0.814. The molecule has 1 heterocycles. The van der Waals surface area contributed by atoms with Gasteiger partial charge in [-0.2, -0.15) is 0 Å². The van der Waals surface area contributed by atoms with Crippen molar-refractivity contribution in [1.29, 1.82) is 0 Å². The Bertz CT molecular complexity index is 710. The van der Waals surface area contributed by atoms with Crippen molar-refractivity contribution in [2.45, 2.75) is 13.3 Å². The van der Waals surface area contributed by atoms with Gasteiger partial charge in [0.25, 0.3) is 0 Å². The Balaban J connectivity index is 2.06. The van der Waals surface area contributed by atoms with Gasteiger partial charge in [-0.25, -0.2) is 0 Å². The summed E-state index contributed by atoms with van der Waals surface area (Å²) < 4.78 is 11.1. The summed E-state index contributed by atoms with van der Waals surface area (Å²) in [5.41, 5.74) is 4.52. The minimum Gasteiger partial charge on any atom is -0.496 e. The first-order valence-corrected chi connectivity index (χ1v) is 6.37. The number of ether oxygens (including phenoxy) is 1. The number of aryl methyl sites for hydroxylation is 1. The van der Waals surface area contributed by atoms with Gasteiger partial charge in [0, 0.05) is 11.8 Å². The highest BCUT2D eigenvalue weighted by molar-refractivity contribution is 5.84. The molecule has 3 rings (SSSR count). The van der Waals surface area contributed by atoms with Crippen molar-refractivity contribution in [2.75, 3.05) is 7.11 Å². The van der Waals surface area contributed by atoms with Crippen molar-refractivity contribution in [2.24, 2.45) is 0 Å². The minimum absolute atomic E-state index is 0.814. The maximum atomic E-state index is 5.68. The molecule has 2 aromatic carbocycles. The molecule has 2 nitrogen and oxygen atoms in total. The molecule has 0 aliphatic heterocycles. The molecule has 0 bridgehead atoms. The number of hydrogen-bond donors (Lipinski definition) is 0. The van der Waals surface area contributed by atoms with Crippen LogP contribution in [0.5, 0.6) is 5.75 Å². The lowest BCUT2D eigenvalue weighted by Gasteiger charge is -2.08. The third-order valence-corrected chi connectivity index (χ3v) is 3.45. The van der Waals surface area contributed by atoms with Crippen molar-refractivity contribution in [3.8, 4) is 5.75 Å². The first-order valence-electron chi connectivity index (χ1n) is 6.37. The van der Waals surface area contributed by atoms with E-state index in [4.69, 9.17) is 9.15 Å². The van der Waals surface area contributed by atoms with E-state index in [-0.39, 0.29) is 0 Å². The molecule has 0 amide bonds. The van der Waals surface area contributed by atoms with Gasteiger partial charge in [0.05, 0.1) is 13.4 Å². The predicted octanol–water partition coefficient (Wildman–Crippen LogP) is 4.34. The summed E-state index contributed by atoms with van der Waals surface area (Å²) in [6, 6.07) is 14.4. The second kappa shape index (κ2) is 4.81. The van der Waals surface area contributed by atoms with E-state index in [1.807, 2.05) is 24.5 Å². The molecule has 0 atom stereocenters. The summed E-state index contributed by atoms with van der Waals surface area (Å²) in [6.07, 6.45) is 2.63. The first-order chi connectivity index (χ1) is 9.29. The fraction of sp³-hybridized carbons (Fsp3) is 0.176. The predicted molar refractivity (Wildman–Crippen MR) is 76.8 cm³/mol. The van der Waals surface area contributed by atoms with Crippen LogP contribution < -0.4 is 4.74 Å². The zero-order valence-corrected chi connectivity index (χ0v) is 11.1. The smallest absolute Gasteiger partial charge is 0.137 e. The average Bonchev–Trinajstić information content (AvgIpc) is 2.82. The van der Waals surface area contributed by atoms with Crippen LogP contribution in [0.15, 0.2) is 53.1 Å². The SMILES string of the molecule is COc1ccccc1Cc1cccc2c(C)coc12. The molecule has 0 aliphatic carbocycles. The monoisotopic (exact) mass is 252 g/mol. The normalized spacial score (nSPS) is 10.8. The van der Waals surface area contributed by atoms with E-state index in [1.54, 1.807) is 7.11 Å². The number of furan rings is 1. The maximum Gasteiger partial charge on any atom is 0.137 e. The Hall–Kier alpha value is -2.22. The van der Waals surface area contributed by atoms with Crippen LogP contribution in [-0.4, -0.2) is 7.11 Å². The fourth-order valence-corrected chi connectivity index (χ4v) is 2.44. The molecule has 0 saturated carbocycles. The number of benzene rings is 2. The van der Waals surface area contributed by atoms with E-state index in [0.29, 0.717) is 0 Å². The average molecular weight is 252 g/mol. The molecule has 3 aromatic rings. The number of methoxy groups -OCH3 is 1.